The number of nitrogens with zero attached hydrogens (tertiary/aromatic N) is 1. The molecule has 0 aromatic heterocycles. The van der Waals surface area contributed by atoms with Crippen LogP contribution < -0.4 is 9.64 Å². The fraction of sp³-hybridized carbons (Fsp3) is 0.400. The van der Waals surface area contributed by atoms with Crippen molar-refractivity contribution in [3.05, 3.63) is 34.4 Å². The van der Waals surface area contributed by atoms with E-state index in [9.17, 15) is 4.79 Å². The van der Waals surface area contributed by atoms with Crippen LogP contribution >= 0.6 is 15.9 Å². The summed E-state index contributed by atoms with van der Waals surface area (Å²) in [5.74, 6) is 1.06. The number of hydrogen-bond donors (Lipinski definition) is 0. The lowest BCUT2D eigenvalue weighted by atomic mass is 10.0. The number of halogens is 1. The first-order valence-corrected chi connectivity index (χ1v) is 7.25. The Morgan fingerprint density at radius 1 is 1.37 bits per heavy atom. The monoisotopic (exact) mass is 321 g/mol. The number of anilines is 1. The lowest BCUT2D eigenvalue weighted by Gasteiger charge is -2.41. The Morgan fingerprint density at radius 3 is 2.84 bits per heavy atom. The summed E-state index contributed by atoms with van der Waals surface area (Å²) < 4.78 is 6.99. The largest absolute Gasteiger partial charge is 0.484 e. The minimum absolute atomic E-state index is 0.226. The molecular weight excluding hydrogens is 306 g/mol. The van der Waals surface area contributed by atoms with Gasteiger partial charge in [-0.25, -0.2) is 0 Å². The zero-order valence-corrected chi connectivity index (χ0v) is 12.7. The number of ether oxygens (including phenoxy) is 1. The third kappa shape index (κ3) is 2.29. The van der Waals surface area contributed by atoms with Gasteiger partial charge in [-0.1, -0.05) is 22.0 Å². The van der Waals surface area contributed by atoms with Crippen LogP contribution in [0, 0.1) is 0 Å². The van der Waals surface area contributed by atoms with E-state index in [2.05, 4.69) is 20.8 Å². The highest BCUT2D eigenvalue weighted by Crippen LogP contribution is 2.41. The Labute approximate surface area is 121 Å². The first-order valence-electron chi connectivity index (χ1n) is 6.46. The van der Waals surface area contributed by atoms with Crippen LogP contribution in [0.4, 0.5) is 5.69 Å². The topological polar surface area (TPSA) is 29.5 Å². The molecule has 0 atom stereocenters. The molecule has 2 aliphatic rings. The second-order valence-electron chi connectivity index (χ2n) is 5.61. The minimum atomic E-state index is -0.301. The number of rotatable bonds is 1. The summed E-state index contributed by atoms with van der Waals surface area (Å²) >= 11 is 3.48. The molecule has 100 valence electrons. The van der Waals surface area contributed by atoms with E-state index in [1.165, 1.54) is 0 Å². The highest BCUT2D eigenvalue weighted by molar-refractivity contribution is 9.10. The number of fused-ring (bicyclic) bond motifs is 1. The molecule has 0 bridgehead atoms. The molecule has 1 heterocycles. The molecule has 4 heteroatoms. The van der Waals surface area contributed by atoms with Gasteiger partial charge in [0.05, 0.1) is 17.9 Å². The summed E-state index contributed by atoms with van der Waals surface area (Å²) in [5, 5.41) is 0. The maximum absolute atomic E-state index is 12.0. The molecule has 1 aliphatic carbocycles. The zero-order chi connectivity index (χ0) is 13.6. The molecule has 0 spiro atoms. The average molecular weight is 322 g/mol. The van der Waals surface area contributed by atoms with Gasteiger partial charge in [-0.3, -0.25) is 4.79 Å². The van der Waals surface area contributed by atoms with Crippen molar-refractivity contribution in [2.75, 3.05) is 11.4 Å². The van der Waals surface area contributed by atoms with Crippen LogP contribution in [0.1, 0.15) is 26.7 Å². The average Bonchev–Trinajstić information content (AvgIpc) is 2.74. The van der Waals surface area contributed by atoms with Crippen LogP contribution in [0.15, 0.2) is 34.4 Å². The lowest BCUT2D eigenvalue weighted by molar-refractivity contribution is -0.115. The number of Topliss-reactive ketones (excluding diaryl/α,β-unsaturated/α-hetero) is 1. The molecule has 1 aromatic carbocycles. The molecule has 1 aromatic rings. The van der Waals surface area contributed by atoms with Crippen molar-refractivity contribution < 1.29 is 9.53 Å². The normalized spacial score (nSPS) is 20.9. The Hall–Kier alpha value is -1.29. The van der Waals surface area contributed by atoms with Crippen molar-refractivity contribution in [1.82, 2.24) is 0 Å². The van der Waals surface area contributed by atoms with E-state index >= 15 is 0 Å². The second kappa shape index (κ2) is 4.37. The standard InChI is InChI=1S/C15H16BrNO2/c1-15(2)9-17(11-4-3-5-13(11)18)12-8-10(16)6-7-14(12)19-15/h4,6-8H,3,5,9H2,1-2H3. The Bertz CT molecular complexity index is 578. The number of carbonyl (C=O) groups is 1. The summed E-state index contributed by atoms with van der Waals surface area (Å²) in [6, 6.07) is 5.92. The molecule has 0 fully saturated rings. The van der Waals surface area contributed by atoms with Gasteiger partial charge in [-0.15, -0.1) is 0 Å². The van der Waals surface area contributed by atoms with Gasteiger partial charge in [0.25, 0.3) is 0 Å². The number of carbonyl (C=O) groups excluding carboxylic acids is 1. The van der Waals surface area contributed by atoms with Gasteiger partial charge in [0.2, 0.25) is 0 Å². The molecule has 3 rings (SSSR count). The first kappa shape index (κ1) is 12.7. The van der Waals surface area contributed by atoms with Gasteiger partial charge < -0.3 is 9.64 Å². The van der Waals surface area contributed by atoms with E-state index in [1.54, 1.807) is 0 Å². The molecule has 0 amide bonds. The van der Waals surface area contributed by atoms with Crippen LogP contribution in [0.2, 0.25) is 0 Å². The molecule has 0 unspecified atom stereocenters. The molecule has 0 saturated carbocycles. The smallest absolute Gasteiger partial charge is 0.179 e. The number of ketones is 1. The van der Waals surface area contributed by atoms with Crippen molar-refractivity contribution in [1.29, 1.82) is 0 Å². The van der Waals surface area contributed by atoms with Crippen molar-refractivity contribution in [3.63, 3.8) is 0 Å². The van der Waals surface area contributed by atoms with Gasteiger partial charge in [0.15, 0.2) is 5.78 Å². The van der Waals surface area contributed by atoms with E-state index in [1.807, 2.05) is 38.1 Å². The molecule has 0 radical (unpaired) electrons. The van der Waals surface area contributed by atoms with Crippen LogP contribution in [0.3, 0.4) is 0 Å². The van der Waals surface area contributed by atoms with E-state index in [-0.39, 0.29) is 11.4 Å². The molecule has 0 N–H and O–H groups in total. The number of allylic oxidation sites excluding steroid dienone is 2. The summed E-state index contributed by atoms with van der Waals surface area (Å²) in [5.41, 5.74) is 1.48. The predicted octanol–water partition coefficient (Wildman–Crippen LogP) is 3.67. The van der Waals surface area contributed by atoms with Crippen molar-refractivity contribution in [3.8, 4) is 5.75 Å². The summed E-state index contributed by atoms with van der Waals surface area (Å²) in [6.07, 6.45) is 3.50. The first-order chi connectivity index (χ1) is 8.96. The van der Waals surface area contributed by atoms with Gasteiger partial charge in [0.1, 0.15) is 11.4 Å². The van der Waals surface area contributed by atoms with Crippen molar-refractivity contribution in [2.45, 2.75) is 32.3 Å². The maximum Gasteiger partial charge on any atom is 0.179 e. The molecule has 19 heavy (non-hydrogen) atoms. The van der Waals surface area contributed by atoms with Gasteiger partial charge >= 0.3 is 0 Å². The Morgan fingerprint density at radius 2 is 2.16 bits per heavy atom. The minimum Gasteiger partial charge on any atom is -0.484 e. The Balaban J connectivity index is 2.09. The predicted molar refractivity (Wildman–Crippen MR) is 78.5 cm³/mol. The molecular formula is C15H16BrNO2. The Kier molecular flexibility index (Phi) is 2.93. The SMILES string of the molecule is CC1(C)CN(C2=CCCC2=O)c2cc(Br)ccc2O1. The van der Waals surface area contributed by atoms with Crippen LogP contribution in [-0.2, 0) is 4.79 Å². The zero-order valence-electron chi connectivity index (χ0n) is 11.1. The van der Waals surface area contributed by atoms with Crippen LogP contribution in [-0.4, -0.2) is 17.9 Å². The number of benzene rings is 1. The summed E-state index contributed by atoms with van der Waals surface area (Å²) in [4.78, 5) is 14.1. The summed E-state index contributed by atoms with van der Waals surface area (Å²) in [7, 11) is 0. The molecule has 3 nitrogen and oxygen atoms in total. The van der Waals surface area contributed by atoms with Crippen LogP contribution in [0.5, 0.6) is 5.75 Å². The van der Waals surface area contributed by atoms with E-state index in [0.29, 0.717) is 13.0 Å². The fourth-order valence-corrected chi connectivity index (χ4v) is 2.99. The van der Waals surface area contributed by atoms with Crippen LogP contribution in [0.25, 0.3) is 0 Å². The van der Waals surface area contributed by atoms with Gasteiger partial charge in [-0.2, -0.15) is 0 Å². The van der Waals surface area contributed by atoms with Gasteiger partial charge in [-0.05, 0) is 38.5 Å². The third-order valence-electron chi connectivity index (χ3n) is 3.42. The fourth-order valence-electron chi connectivity index (χ4n) is 2.64. The third-order valence-corrected chi connectivity index (χ3v) is 3.92. The molecule has 0 saturated heterocycles. The van der Waals surface area contributed by atoms with Gasteiger partial charge in [0, 0.05) is 10.9 Å². The molecule has 1 aliphatic heterocycles. The van der Waals surface area contributed by atoms with Crippen molar-refractivity contribution in [2.24, 2.45) is 0 Å². The van der Waals surface area contributed by atoms with Crippen molar-refractivity contribution >= 4 is 27.4 Å². The maximum atomic E-state index is 12.0. The number of hydrogen-bond acceptors (Lipinski definition) is 3. The highest BCUT2D eigenvalue weighted by Gasteiger charge is 2.35. The van der Waals surface area contributed by atoms with E-state index < -0.39 is 0 Å². The quantitative estimate of drug-likeness (QED) is 0.790. The highest BCUT2D eigenvalue weighted by atomic mass is 79.9. The summed E-state index contributed by atoms with van der Waals surface area (Å²) in [6.45, 7) is 4.78. The van der Waals surface area contributed by atoms with E-state index in [4.69, 9.17) is 4.74 Å². The van der Waals surface area contributed by atoms with E-state index in [0.717, 1.165) is 28.0 Å². The lowest BCUT2D eigenvalue weighted by Crippen LogP contribution is -2.47. The second-order valence-corrected chi connectivity index (χ2v) is 6.53.